The highest BCUT2D eigenvalue weighted by molar-refractivity contribution is 8.99. The zero-order valence-corrected chi connectivity index (χ0v) is 19.8. The third-order valence-corrected chi connectivity index (χ3v) is 15.7. The Hall–Kier alpha value is -1.80. The van der Waals surface area contributed by atoms with E-state index in [0.29, 0.717) is 11.5 Å². The molecule has 4 nitrogen and oxygen atoms in total. The standard InChI is InChI=1S/C25H32O4S2/c1-28-31(29-2,21-19-27,30-20-18-26)25(22-12-6-3-7-13-22,23-14-8-4-9-15-23)24-16-10-5-11-17-24/h3-17,26-27,31H,18-21H2,1-2H3. The molecule has 0 atom stereocenters. The molecule has 0 heterocycles. The summed E-state index contributed by atoms with van der Waals surface area (Å²) in [5, 5.41) is 20.1. The van der Waals surface area contributed by atoms with Crippen molar-refractivity contribution in [2.45, 2.75) is 4.75 Å². The SMILES string of the molecule is CO[SH](CCO)(OC)(SCCO)C(c1ccccc1)(c1ccccc1)c1ccccc1. The van der Waals surface area contributed by atoms with Gasteiger partial charge in [-0.3, -0.25) is 0 Å². The van der Waals surface area contributed by atoms with Crippen LogP contribution in [-0.2, 0) is 13.1 Å². The quantitative estimate of drug-likeness (QED) is 0.218. The highest BCUT2D eigenvalue weighted by atomic mass is 33.2. The van der Waals surface area contributed by atoms with Gasteiger partial charge in [-0.1, -0.05) is 102 Å². The van der Waals surface area contributed by atoms with Crippen LogP contribution < -0.4 is 0 Å². The third kappa shape index (κ3) is 3.82. The average molecular weight is 461 g/mol. The molecule has 3 rings (SSSR count). The van der Waals surface area contributed by atoms with Gasteiger partial charge in [0.2, 0.25) is 0 Å². The normalized spacial score (nSPS) is 13.5. The monoisotopic (exact) mass is 460 g/mol. The van der Waals surface area contributed by atoms with Crippen molar-refractivity contribution in [3.63, 3.8) is 0 Å². The van der Waals surface area contributed by atoms with E-state index in [9.17, 15) is 10.2 Å². The van der Waals surface area contributed by atoms with E-state index < -0.39 is 13.5 Å². The molecule has 3 aromatic rings. The number of rotatable bonds is 11. The van der Waals surface area contributed by atoms with Crippen LogP contribution in [0.25, 0.3) is 0 Å². The van der Waals surface area contributed by atoms with Gasteiger partial charge >= 0.3 is 0 Å². The fourth-order valence-electron chi connectivity index (χ4n) is 4.65. The zero-order valence-electron chi connectivity index (χ0n) is 18.1. The molecule has 0 saturated heterocycles. The van der Waals surface area contributed by atoms with Crippen molar-refractivity contribution in [3.05, 3.63) is 108 Å². The number of hydrogen-bond acceptors (Lipinski definition) is 5. The maximum absolute atomic E-state index is 10.3. The van der Waals surface area contributed by atoms with E-state index in [4.69, 9.17) is 8.37 Å². The van der Waals surface area contributed by atoms with Crippen molar-refractivity contribution in [1.82, 2.24) is 0 Å². The van der Waals surface area contributed by atoms with E-state index >= 15 is 0 Å². The van der Waals surface area contributed by atoms with Gasteiger partial charge in [0.1, 0.15) is 4.75 Å². The number of hydrogen-bond donors (Lipinski definition) is 3. The lowest BCUT2D eigenvalue weighted by Gasteiger charge is -2.75. The van der Waals surface area contributed by atoms with Crippen LogP contribution in [0.2, 0.25) is 0 Å². The van der Waals surface area contributed by atoms with Gasteiger partial charge in [0.25, 0.3) is 0 Å². The number of aliphatic hydroxyl groups is 2. The molecule has 31 heavy (non-hydrogen) atoms. The van der Waals surface area contributed by atoms with Crippen LogP contribution in [0.3, 0.4) is 0 Å². The second-order valence-electron chi connectivity index (χ2n) is 7.22. The van der Waals surface area contributed by atoms with Crippen LogP contribution in [0.15, 0.2) is 91.0 Å². The first-order valence-corrected chi connectivity index (χ1v) is 14.2. The molecule has 0 fully saturated rings. The van der Waals surface area contributed by atoms with Crippen LogP contribution in [0.5, 0.6) is 0 Å². The molecule has 0 radical (unpaired) electrons. The average Bonchev–Trinajstić information content (AvgIpc) is 2.85. The predicted molar refractivity (Wildman–Crippen MR) is 134 cm³/mol. The van der Waals surface area contributed by atoms with Crippen LogP contribution in [0, 0.1) is 0 Å². The molecular formula is C25H32O4S2. The van der Waals surface area contributed by atoms with Crippen LogP contribution in [-0.4, -0.2) is 49.2 Å². The van der Waals surface area contributed by atoms with Crippen molar-refractivity contribution in [3.8, 4) is 0 Å². The van der Waals surface area contributed by atoms with Gasteiger partial charge in [-0.05, 0) is 16.7 Å². The largest absolute Gasteiger partial charge is 0.395 e. The molecule has 0 aliphatic heterocycles. The Kier molecular flexibility index (Phi) is 7.86. The molecule has 0 unspecified atom stereocenters. The summed E-state index contributed by atoms with van der Waals surface area (Å²) in [6.45, 7) is -0.124. The van der Waals surface area contributed by atoms with E-state index in [0.717, 1.165) is 16.7 Å². The van der Waals surface area contributed by atoms with Gasteiger partial charge < -0.3 is 18.6 Å². The molecule has 0 spiro atoms. The number of aliphatic hydroxyl groups excluding tert-OH is 2. The van der Waals surface area contributed by atoms with Crippen molar-refractivity contribution >= 4 is 19.5 Å². The van der Waals surface area contributed by atoms with E-state index in [1.165, 1.54) is 10.8 Å². The maximum Gasteiger partial charge on any atom is 0.113 e. The molecule has 0 bridgehead atoms. The first-order chi connectivity index (χ1) is 15.1. The van der Waals surface area contributed by atoms with Gasteiger partial charge in [-0.2, -0.15) is 0 Å². The van der Waals surface area contributed by atoms with Gasteiger partial charge in [0.15, 0.2) is 0 Å². The summed E-state index contributed by atoms with van der Waals surface area (Å²) < 4.78 is 12.3. The van der Waals surface area contributed by atoms with E-state index in [1.807, 2.05) is 54.6 Å². The Morgan fingerprint density at radius 3 is 1.35 bits per heavy atom. The van der Waals surface area contributed by atoms with Crippen LogP contribution >= 0.6 is 19.5 Å². The minimum Gasteiger partial charge on any atom is -0.395 e. The third-order valence-electron chi connectivity index (χ3n) is 5.89. The van der Waals surface area contributed by atoms with Crippen molar-refractivity contribution in [2.24, 2.45) is 0 Å². The Bertz CT molecular complexity index is 835. The summed E-state index contributed by atoms with van der Waals surface area (Å²) >= 11 is 0. The predicted octanol–water partition coefficient (Wildman–Crippen LogP) is 4.81. The molecule has 2 N–H and O–H groups in total. The van der Waals surface area contributed by atoms with Crippen molar-refractivity contribution < 1.29 is 18.6 Å². The highest BCUT2D eigenvalue weighted by Gasteiger charge is 2.58. The summed E-state index contributed by atoms with van der Waals surface area (Å²) in [6, 6.07) is 30.6. The summed E-state index contributed by atoms with van der Waals surface area (Å²) in [5.41, 5.74) is 3.06. The minimum absolute atomic E-state index is 0.0187. The summed E-state index contributed by atoms with van der Waals surface area (Å²) in [7, 11) is 1.02. The topological polar surface area (TPSA) is 58.9 Å². The Morgan fingerprint density at radius 2 is 1.06 bits per heavy atom. The highest BCUT2D eigenvalue weighted by Crippen LogP contribution is 2.91. The summed E-state index contributed by atoms with van der Waals surface area (Å²) in [4.78, 5) is 0. The van der Waals surface area contributed by atoms with Gasteiger partial charge in [0, 0.05) is 11.5 Å². The van der Waals surface area contributed by atoms with Crippen molar-refractivity contribution in [2.75, 3.05) is 38.9 Å². The maximum atomic E-state index is 10.3. The first-order valence-electron chi connectivity index (χ1n) is 10.3. The Balaban J connectivity index is 2.58. The Morgan fingerprint density at radius 1 is 0.677 bits per heavy atom. The summed E-state index contributed by atoms with van der Waals surface area (Å²) in [6.07, 6.45) is 0. The van der Waals surface area contributed by atoms with Gasteiger partial charge in [0.05, 0.1) is 27.4 Å². The minimum atomic E-state index is -3.83. The second-order valence-corrected chi connectivity index (χ2v) is 14.8. The molecule has 6 heteroatoms. The summed E-state index contributed by atoms with van der Waals surface area (Å²) in [5.74, 6) is 0.732. The molecule has 0 aliphatic carbocycles. The number of benzene rings is 3. The molecular weight excluding hydrogens is 428 g/mol. The smallest absolute Gasteiger partial charge is 0.113 e. The van der Waals surface area contributed by atoms with Gasteiger partial charge in [-0.25, -0.2) is 8.75 Å². The van der Waals surface area contributed by atoms with E-state index in [2.05, 4.69) is 36.4 Å². The molecule has 0 saturated carbocycles. The molecule has 0 amide bonds. The number of thiol groups is 1. The fourth-order valence-corrected chi connectivity index (χ4v) is 13.5. The molecule has 3 aromatic carbocycles. The molecule has 0 aromatic heterocycles. The van der Waals surface area contributed by atoms with Crippen LogP contribution in [0.1, 0.15) is 16.7 Å². The Labute approximate surface area is 189 Å². The zero-order chi connectivity index (χ0) is 22.2. The molecule has 0 aliphatic rings. The fraction of sp³-hybridized carbons (Fsp3) is 0.280. The lowest BCUT2D eigenvalue weighted by molar-refractivity contribution is 0.287. The lowest BCUT2D eigenvalue weighted by Crippen LogP contribution is -2.47. The molecule has 168 valence electrons. The lowest BCUT2D eigenvalue weighted by atomic mass is 9.84. The van der Waals surface area contributed by atoms with Crippen LogP contribution in [0.4, 0.5) is 0 Å². The first kappa shape index (κ1) is 23.9. The van der Waals surface area contributed by atoms with E-state index in [1.54, 1.807) is 14.2 Å². The van der Waals surface area contributed by atoms with E-state index in [-0.39, 0.29) is 13.2 Å². The van der Waals surface area contributed by atoms with Gasteiger partial charge in [-0.15, -0.1) is 0 Å². The van der Waals surface area contributed by atoms with Crippen molar-refractivity contribution in [1.29, 1.82) is 0 Å². The second kappa shape index (κ2) is 10.2.